The van der Waals surface area contributed by atoms with E-state index in [1.807, 2.05) is 0 Å². The highest BCUT2D eigenvalue weighted by Crippen LogP contribution is 2.35. The van der Waals surface area contributed by atoms with Crippen LogP contribution < -0.4 is 0 Å². The van der Waals surface area contributed by atoms with E-state index in [1.54, 1.807) is 0 Å². The van der Waals surface area contributed by atoms with Crippen molar-refractivity contribution in [2.24, 2.45) is 0 Å². The molecule has 1 aromatic rings. The minimum Gasteiger partial charge on any atom is -0.375 e. The molecule has 17 heavy (non-hydrogen) atoms. The average molecular weight is 258 g/mol. The molecule has 0 saturated carbocycles. The van der Waals surface area contributed by atoms with Crippen LogP contribution in [0, 0.1) is 0 Å². The summed E-state index contributed by atoms with van der Waals surface area (Å²) in [6, 6.07) is 0.346. The summed E-state index contributed by atoms with van der Waals surface area (Å²) in [6.07, 6.45) is 1.92. The standard InChI is InChI=1S/C12H20ClN3O/c1-8(2)10-14-15-11(13)16(10)9-5-6-17-12(3,4)7-9/h8-9H,5-7H2,1-4H3. The Bertz CT molecular complexity index is 400. The molecular weight excluding hydrogens is 238 g/mol. The van der Waals surface area contributed by atoms with Crippen LogP contribution in [0.4, 0.5) is 0 Å². The number of aromatic nitrogens is 3. The largest absolute Gasteiger partial charge is 0.375 e. The molecule has 1 saturated heterocycles. The molecule has 1 atom stereocenters. The second kappa shape index (κ2) is 4.58. The molecule has 0 bridgehead atoms. The van der Waals surface area contributed by atoms with Crippen molar-refractivity contribution in [2.45, 2.75) is 58.1 Å². The van der Waals surface area contributed by atoms with Crippen molar-refractivity contribution in [3.63, 3.8) is 0 Å². The van der Waals surface area contributed by atoms with Crippen LogP contribution in [-0.2, 0) is 4.74 Å². The van der Waals surface area contributed by atoms with Crippen LogP contribution in [0.3, 0.4) is 0 Å². The Hall–Kier alpha value is -0.610. The van der Waals surface area contributed by atoms with Gasteiger partial charge < -0.3 is 4.74 Å². The number of nitrogens with zero attached hydrogens (tertiary/aromatic N) is 3. The van der Waals surface area contributed by atoms with Crippen LogP contribution in [0.1, 0.15) is 58.3 Å². The molecule has 5 heteroatoms. The van der Waals surface area contributed by atoms with Crippen molar-refractivity contribution in [1.29, 1.82) is 0 Å². The third-order valence-corrected chi connectivity index (χ3v) is 3.49. The van der Waals surface area contributed by atoms with Crippen molar-refractivity contribution >= 4 is 11.6 Å². The molecule has 96 valence electrons. The summed E-state index contributed by atoms with van der Waals surface area (Å²) >= 11 is 6.16. The molecular formula is C12H20ClN3O. The summed E-state index contributed by atoms with van der Waals surface area (Å²) in [7, 11) is 0. The van der Waals surface area contributed by atoms with Gasteiger partial charge in [0.15, 0.2) is 0 Å². The molecule has 1 fully saturated rings. The van der Waals surface area contributed by atoms with Gasteiger partial charge in [0.2, 0.25) is 5.28 Å². The lowest BCUT2D eigenvalue weighted by atomic mass is 9.93. The first-order valence-electron chi connectivity index (χ1n) is 6.15. The van der Waals surface area contributed by atoms with E-state index in [4.69, 9.17) is 16.3 Å². The smallest absolute Gasteiger partial charge is 0.225 e. The molecule has 0 radical (unpaired) electrons. The number of halogens is 1. The minimum absolute atomic E-state index is 0.0925. The molecule has 0 aliphatic carbocycles. The van der Waals surface area contributed by atoms with E-state index in [9.17, 15) is 0 Å². The van der Waals surface area contributed by atoms with Gasteiger partial charge in [-0.3, -0.25) is 4.57 Å². The highest BCUT2D eigenvalue weighted by Gasteiger charge is 2.32. The zero-order valence-corrected chi connectivity index (χ0v) is 11.7. The van der Waals surface area contributed by atoms with E-state index in [0.717, 1.165) is 25.3 Å². The number of rotatable bonds is 2. The van der Waals surface area contributed by atoms with Gasteiger partial charge in [-0.05, 0) is 38.3 Å². The quantitative estimate of drug-likeness (QED) is 0.817. The monoisotopic (exact) mass is 257 g/mol. The Morgan fingerprint density at radius 3 is 2.71 bits per heavy atom. The molecule has 0 aromatic carbocycles. The molecule has 1 aromatic heterocycles. The zero-order chi connectivity index (χ0) is 12.6. The Morgan fingerprint density at radius 1 is 1.41 bits per heavy atom. The third kappa shape index (κ3) is 2.63. The Balaban J connectivity index is 2.30. The van der Waals surface area contributed by atoms with Crippen molar-refractivity contribution in [2.75, 3.05) is 6.61 Å². The Labute approximate surface area is 107 Å². The van der Waals surface area contributed by atoms with Crippen LogP contribution in [0.5, 0.6) is 0 Å². The second-order valence-corrected chi connectivity index (χ2v) is 5.94. The first-order valence-corrected chi connectivity index (χ1v) is 6.53. The van der Waals surface area contributed by atoms with Crippen molar-refractivity contribution in [3.8, 4) is 0 Å². The molecule has 0 amide bonds. The van der Waals surface area contributed by atoms with E-state index >= 15 is 0 Å². The summed E-state index contributed by atoms with van der Waals surface area (Å²) in [4.78, 5) is 0. The molecule has 4 nitrogen and oxygen atoms in total. The molecule has 1 aliphatic heterocycles. The van der Waals surface area contributed by atoms with Crippen molar-refractivity contribution < 1.29 is 4.74 Å². The lowest BCUT2D eigenvalue weighted by Gasteiger charge is -2.36. The molecule has 2 rings (SSSR count). The van der Waals surface area contributed by atoms with Crippen LogP contribution in [0.2, 0.25) is 5.28 Å². The average Bonchev–Trinajstić information content (AvgIpc) is 2.58. The van der Waals surface area contributed by atoms with Gasteiger partial charge in [0, 0.05) is 18.6 Å². The van der Waals surface area contributed by atoms with E-state index in [-0.39, 0.29) is 5.60 Å². The first-order chi connectivity index (χ1) is 7.91. The Morgan fingerprint density at radius 2 is 2.12 bits per heavy atom. The van der Waals surface area contributed by atoms with E-state index in [2.05, 4.69) is 42.5 Å². The van der Waals surface area contributed by atoms with Gasteiger partial charge in [0.1, 0.15) is 5.82 Å². The predicted molar refractivity (Wildman–Crippen MR) is 67.4 cm³/mol. The molecule has 0 spiro atoms. The maximum absolute atomic E-state index is 6.16. The summed E-state index contributed by atoms with van der Waals surface area (Å²) in [5, 5.41) is 8.67. The lowest BCUT2D eigenvalue weighted by Crippen LogP contribution is -2.35. The number of hydrogen-bond acceptors (Lipinski definition) is 3. The fourth-order valence-electron chi connectivity index (χ4n) is 2.43. The molecule has 1 unspecified atom stereocenters. The summed E-state index contributed by atoms with van der Waals surface area (Å²) in [6.45, 7) is 9.23. The van der Waals surface area contributed by atoms with E-state index in [1.165, 1.54) is 0 Å². The van der Waals surface area contributed by atoms with Gasteiger partial charge in [-0.1, -0.05) is 13.8 Å². The van der Waals surface area contributed by atoms with Crippen molar-refractivity contribution in [1.82, 2.24) is 14.8 Å². The number of ether oxygens (including phenoxy) is 1. The Kier molecular flexibility index (Phi) is 3.46. The topological polar surface area (TPSA) is 39.9 Å². The molecule has 0 N–H and O–H groups in total. The van der Waals surface area contributed by atoms with Crippen LogP contribution >= 0.6 is 11.6 Å². The van der Waals surface area contributed by atoms with Gasteiger partial charge >= 0.3 is 0 Å². The summed E-state index contributed by atoms with van der Waals surface area (Å²) in [5.41, 5.74) is -0.0925. The predicted octanol–water partition coefficient (Wildman–Crippen LogP) is 3.19. The molecule has 1 aliphatic rings. The summed E-state index contributed by atoms with van der Waals surface area (Å²) in [5.74, 6) is 1.30. The molecule has 2 heterocycles. The summed E-state index contributed by atoms with van der Waals surface area (Å²) < 4.78 is 7.82. The fraction of sp³-hybridized carbons (Fsp3) is 0.833. The van der Waals surface area contributed by atoms with E-state index < -0.39 is 0 Å². The van der Waals surface area contributed by atoms with Gasteiger partial charge in [0.05, 0.1) is 5.60 Å². The van der Waals surface area contributed by atoms with E-state index in [0.29, 0.717) is 17.2 Å². The highest BCUT2D eigenvalue weighted by atomic mass is 35.5. The third-order valence-electron chi connectivity index (χ3n) is 3.23. The number of hydrogen-bond donors (Lipinski definition) is 0. The van der Waals surface area contributed by atoms with Gasteiger partial charge in [-0.15, -0.1) is 10.2 Å². The van der Waals surface area contributed by atoms with Crippen molar-refractivity contribution in [3.05, 3.63) is 11.1 Å². The van der Waals surface area contributed by atoms with Gasteiger partial charge in [0.25, 0.3) is 0 Å². The SMILES string of the molecule is CC(C)c1nnc(Cl)n1C1CCOC(C)(C)C1. The van der Waals surface area contributed by atoms with Crippen LogP contribution in [-0.4, -0.2) is 27.0 Å². The van der Waals surface area contributed by atoms with Crippen LogP contribution in [0.25, 0.3) is 0 Å². The van der Waals surface area contributed by atoms with Crippen LogP contribution in [0.15, 0.2) is 0 Å². The minimum atomic E-state index is -0.0925. The zero-order valence-electron chi connectivity index (χ0n) is 10.9. The normalized spacial score (nSPS) is 24.2. The lowest BCUT2D eigenvalue weighted by molar-refractivity contribution is -0.0695. The maximum atomic E-state index is 6.16. The maximum Gasteiger partial charge on any atom is 0.225 e. The first kappa shape index (κ1) is 12.8. The fourth-order valence-corrected chi connectivity index (χ4v) is 2.70. The highest BCUT2D eigenvalue weighted by molar-refractivity contribution is 6.28. The van der Waals surface area contributed by atoms with Gasteiger partial charge in [-0.25, -0.2) is 0 Å². The second-order valence-electron chi connectivity index (χ2n) is 5.61. The van der Waals surface area contributed by atoms with Gasteiger partial charge in [-0.2, -0.15) is 0 Å².